The number of aliphatic carboxylic acids is 1. The van der Waals surface area contributed by atoms with E-state index in [9.17, 15) is 29.4 Å². The third-order valence-electron chi connectivity index (χ3n) is 4.33. The minimum absolute atomic E-state index is 0.0102. The van der Waals surface area contributed by atoms with Crippen molar-refractivity contribution in [1.29, 1.82) is 0 Å². The van der Waals surface area contributed by atoms with Gasteiger partial charge in [-0.25, -0.2) is 4.79 Å². The van der Waals surface area contributed by atoms with E-state index in [1.165, 1.54) is 12.1 Å². The number of unbranched alkanes of at least 4 members (excludes halogenated alkanes) is 1. The predicted molar refractivity (Wildman–Crippen MR) is 108 cm³/mol. The van der Waals surface area contributed by atoms with Crippen molar-refractivity contribution in [3.63, 3.8) is 0 Å². The molecule has 0 bridgehead atoms. The molecule has 0 aromatic heterocycles. The van der Waals surface area contributed by atoms with Crippen LogP contribution in [0.25, 0.3) is 0 Å². The summed E-state index contributed by atoms with van der Waals surface area (Å²) in [7, 11) is 0. The van der Waals surface area contributed by atoms with Crippen LogP contribution < -0.4 is 27.8 Å². The van der Waals surface area contributed by atoms with Crippen molar-refractivity contribution in [3.8, 4) is 5.75 Å². The lowest BCUT2D eigenvalue weighted by Gasteiger charge is -2.23. The highest BCUT2D eigenvalue weighted by Gasteiger charge is 2.28. The number of amides is 3. The van der Waals surface area contributed by atoms with Crippen LogP contribution in [0.2, 0.25) is 0 Å². The van der Waals surface area contributed by atoms with Gasteiger partial charge < -0.3 is 38.0 Å². The van der Waals surface area contributed by atoms with Crippen LogP contribution >= 0.6 is 0 Å². The van der Waals surface area contributed by atoms with Crippen molar-refractivity contribution in [2.45, 2.75) is 50.2 Å². The van der Waals surface area contributed by atoms with Gasteiger partial charge in [0.15, 0.2) is 0 Å². The zero-order valence-electron chi connectivity index (χ0n) is 16.5. The number of rotatable bonds is 13. The van der Waals surface area contributed by atoms with Crippen molar-refractivity contribution < 1.29 is 29.4 Å². The normalized spacial score (nSPS) is 13.7. The molecule has 3 amide bonds. The molecule has 3 unspecified atom stereocenters. The summed E-state index contributed by atoms with van der Waals surface area (Å²) in [5.74, 6) is -3.45. The lowest BCUT2D eigenvalue weighted by atomic mass is 10.0. The van der Waals surface area contributed by atoms with E-state index in [4.69, 9.17) is 17.2 Å². The molecule has 10 N–H and O–H groups in total. The minimum Gasteiger partial charge on any atom is -0.508 e. The van der Waals surface area contributed by atoms with Crippen LogP contribution in [0.1, 0.15) is 31.2 Å². The van der Waals surface area contributed by atoms with Gasteiger partial charge in [0, 0.05) is 6.42 Å². The van der Waals surface area contributed by atoms with E-state index in [0.29, 0.717) is 24.9 Å². The molecule has 11 heteroatoms. The average molecular weight is 423 g/mol. The predicted octanol–water partition coefficient (Wildman–Crippen LogP) is -1.68. The molecule has 0 saturated carbocycles. The number of nitrogens with two attached hydrogens (primary N) is 3. The number of carbonyl (C=O) groups is 4. The smallest absolute Gasteiger partial charge is 0.326 e. The molecular formula is C19H29N5O6. The monoisotopic (exact) mass is 423 g/mol. The Morgan fingerprint density at radius 1 is 0.967 bits per heavy atom. The summed E-state index contributed by atoms with van der Waals surface area (Å²) in [6, 6.07) is 2.38. The van der Waals surface area contributed by atoms with Gasteiger partial charge in [0.1, 0.15) is 17.8 Å². The first-order chi connectivity index (χ1) is 14.1. The zero-order chi connectivity index (χ0) is 22.7. The SMILES string of the molecule is NCCCCC(NC(=O)C(Cc1ccc(O)cc1)NC(=O)C(N)CC(N)=O)C(=O)O. The summed E-state index contributed by atoms with van der Waals surface area (Å²) >= 11 is 0. The standard InChI is InChI=1S/C19H29N5O6/c20-8-2-1-3-14(19(29)30)23-18(28)15(9-11-4-6-12(25)7-5-11)24-17(27)13(21)10-16(22)26/h4-7,13-15,25H,1-3,8-10,20-21H2,(H2,22,26)(H,23,28)(H,24,27)(H,29,30). The van der Waals surface area contributed by atoms with E-state index in [1.807, 2.05) is 0 Å². The molecular weight excluding hydrogens is 394 g/mol. The quantitative estimate of drug-likeness (QED) is 0.182. The van der Waals surface area contributed by atoms with Crippen molar-refractivity contribution in [2.24, 2.45) is 17.2 Å². The Hall–Kier alpha value is -3.18. The Bertz CT molecular complexity index is 739. The molecule has 0 saturated heterocycles. The summed E-state index contributed by atoms with van der Waals surface area (Å²) in [6.45, 7) is 0.400. The largest absolute Gasteiger partial charge is 0.508 e. The van der Waals surface area contributed by atoms with Crippen LogP contribution in [0.3, 0.4) is 0 Å². The average Bonchev–Trinajstić information content (AvgIpc) is 2.67. The molecule has 0 fully saturated rings. The first-order valence-corrected chi connectivity index (χ1v) is 9.49. The summed E-state index contributed by atoms with van der Waals surface area (Å²) < 4.78 is 0. The maximum Gasteiger partial charge on any atom is 0.326 e. The molecule has 0 heterocycles. The van der Waals surface area contributed by atoms with E-state index < -0.39 is 48.2 Å². The second-order valence-corrected chi connectivity index (χ2v) is 6.89. The summed E-state index contributed by atoms with van der Waals surface area (Å²) in [4.78, 5) is 47.5. The fourth-order valence-corrected chi connectivity index (χ4v) is 2.69. The third-order valence-corrected chi connectivity index (χ3v) is 4.33. The van der Waals surface area contributed by atoms with Gasteiger partial charge in [-0.05, 0) is 43.5 Å². The molecule has 0 radical (unpaired) electrons. The summed E-state index contributed by atoms with van der Waals surface area (Å²) in [6.07, 6.45) is 0.896. The third kappa shape index (κ3) is 8.88. The van der Waals surface area contributed by atoms with Crippen LogP contribution in [0, 0.1) is 0 Å². The molecule has 1 aromatic rings. The second kappa shape index (κ2) is 12.4. The number of phenolic OH excluding ortho intramolecular Hbond substituents is 1. The first-order valence-electron chi connectivity index (χ1n) is 9.49. The van der Waals surface area contributed by atoms with Gasteiger partial charge >= 0.3 is 5.97 Å². The fourth-order valence-electron chi connectivity index (χ4n) is 2.69. The van der Waals surface area contributed by atoms with E-state index in [1.54, 1.807) is 12.1 Å². The van der Waals surface area contributed by atoms with E-state index in [2.05, 4.69) is 10.6 Å². The lowest BCUT2D eigenvalue weighted by Crippen LogP contribution is -2.55. The molecule has 166 valence electrons. The number of phenols is 1. The Kier molecular flexibility index (Phi) is 10.3. The van der Waals surface area contributed by atoms with Gasteiger partial charge in [0.05, 0.1) is 12.5 Å². The number of hydrogen-bond donors (Lipinski definition) is 7. The number of carbonyl (C=O) groups excluding carboxylic acids is 3. The number of carboxylic acid groups (broad SMARTS) is 1. The van der Waals surface area contributed by atoms with Gasteiger partial charge in [-0.1, -0.05) is 12.1 Å². The number of benzene rings is 1. The van der Waals surface area contributed by atoms with Crippen molar-refractivity contribution in [1.82, 2.24) is 10.6 Å². The minimum atomic E-state index is -1.25. The maximum absolute atomic E-state index is 12.7. The molecule has 30 heavy (non-hydrogen) atoms. The van der Waals surface area contributed by atoms with Gasteiger partial charge in [-0.2, -0.15) is 0 Å². The van der Waals surface area contributed by atoms with Gasteiger partial charge in [0.2, 0.25) is 17.7 Å². The fraction of sp³-hybridized carbons (Fsp3) is 0.474. The second-order valence-electron chi connectivity index (χ2n) is 6.89. The number of nitrogens with one attached hydrogen (secondary N) is 2. The number of carboxylic acids is 1. The first kappa shape index (κ1) is 24.9. The van der Waals surface area contributed by atoms with E-state index in [0.717, 1.165) is 0 Å². The number of primary amides is 1. The number of hydrogen-bond acceptors (Lipinski definition) is 7. The maximum atomic E-state index is 12.7. The molecule has 0 spiro atoms. The van der Waals surface area contributed by atoms with Crippen LogP contribution in [-0.2, 0) is 25.6 Å². The molecule has 3 atom stereocenters. The van der Waals surface area contributed by atoms with E-state index >= 15 is 0 Å². The van der Waals surface area contributed by atoms with Crippen LogP contribution in [-0.4, -0.2) is 58.6 Å². The zero-order valence-corrected chi connectivity index (χ0v) is 16.5. The van der Waals surface area contributed by atoms with Crippen LogP contribution in [0.15, 0.2) is 24.3 Å². The number of aromatic hydroxyl groups is 1. The molecule has 0 aliphatic carbocycles. The Labute approximate surface area is 174 Å². The highest BCUT2D eigenvalue weighted by molar-refractivity contribution is 5.93. The highest BCUT2D eigenvalue weighted by atomic mass is 16.4. The molecule has 11 nitrogen and oxygen atoms in total. The Morgan fingerprint density at radius 2 is 1.57 bits per heavy atom. The summed E-state index contributed by atoms with van der Waals surface area (Å²) in [5.41, 5.74) is 16.7. The molecule has 0 aliphatic rings. The van der Waals surface area contributed by atoms with Gasteiger partial charge in [-0.3, -0.25) is 14.4 Å². The van der Waals surface area contributed by atoms with Gasteiger partial charge in [0.25, 0.3) is 0 Å². The Morgan fingerprint density at radius 3 is 2.10 bits per heavy atom. The summed E-state index contributed by atoms with van der Waals surface area (Å²) in [5, 5.41) is 23.6. The topological polar surface area (TPSA) is 211 Å². The molecule has 0 aliphatic heterocycles. The van der Waals surface area contributed by atoms with Crippen molar-refractivity contribution >= 4 is 23.7 Å². The van der Waals surface area contributed by atoms with Gasteiger partial charge in [-0.15, -0.1) is 0 Å². The molecule has 1 rings (SSSR count). The Balaban J connectivity index is 2.94. The van der Waals surface area contributed by atoms with Crippen LogP contribution in [0.4, 0.5) is 0 Å². The van der Waals surface area contributed by atoms with Crippen LogP contribution in [0.5, 0.6) is 5.75 Å². The van der Waals surface area contributed by atoms with Crippen molar-refractivity contribution in [2.75, 3.05) is 6.54 Å². The van der Waals surface area contributed by atoms with E-state index in [-0.39, 0.29) is 18.6 Å². The lowest BCUT2D eigenvalue weighted by molar-refractivity contribution is -0.142. The molecule has 1 aromatic carbocycles. The highest BCUT2D eigenvalue weighted by Crippen LogP contribution is 2.12. The van der Waals surface area contributed by atoms with Crippen molar-refractivity contribution in [3.05, 3.63) is 29.8 Å².